The van der Waals surface area contributed by atoms with E-state index < -0.39 is 23.5 Å². The molecule has 1 aliphatic heterocycles. The number of carbonyl (C=O) groups excluding carboxylic acids is 1. The predicted octanol–water partition coefficient (Wildman–Crippen LogP) is 5.65. The number of pyridine rings is 1. The van der Waals surface area contributed by atoms with Crippen LogP contribution in [0.15, 0.2) is 36.5 Å². The third-order valence-electron chi connectivity index (χ3n) is 4.74. The van der Waals surface area contributed by atoms with Gasteiger partial charge in [-0.05, 0) is 38.1 Å². The highest BCUT2D eigenvalue weighted by atomic mass is 35.5. The first-order valence-electron chi connectivity index (χ1n) is 10.4. The molecule has 1 aromatic carbocycles. The second kappa shape index (κ2) is 11.1. The van der Waals surface area contributed by atoms with Crippen LogP contribution in [0.25, 0.3) is 6.08 Å². The fourth-order valence-electron chi connectivity index (χ4n) is 2.99. The van der Waals surface area contributed by atoms with Crippen LogP contribution in [-0.4, -0.2) is 43.2 Å². The van der Waals surface area contributed by atoms with Crippen LogP contribution in [0.5, 0.6) is 17.4 Å². The lowest BCUT2D eigenvalue weighted by Gasteiger charge is -2.22. The van der Waals surface area contributed by atoms with E-state index in [-0.39, 0.29) is 29.9 Å². The van der Waals surface area contributed by atoms with Gasteiger partial charge in [-0.1, -0.05) is 11.6 Å². The molecule has 0 N–H and O–H groups in total. The van der Waals surface area contributed by atoms with Crippen molar-refractivity contribution < 1.29 is 41.7 Å². The summed E-state index contributed by atoms with van der Waals surface area (Å²) < 4.78 is 66.1. The molecule has 0 bridgehead atoms. The lowest BCUT2D eigenvalue weighted by molar-refractivity contribution is -0.150. The molecule has 0 saturated carbocycles. The molecule has 3 rings (SSSR count). The highest BCUT2D eigenvalue weighted by Gasteiger charge is 2.32. The maximum atomic E-state index is 12.9. The predicted molar refractivity (Wildman–Crippen MR) is 117 cm³/mol. The summed E-state index contributed by atoms with van der Waals surface area (Å²) in [5.74, 6) is -0.957. The Kier molecular flexibility index (Phi) is 8.40. The summed E-state index contributed by atoms with van der Waals surface area (Å²) in [6.45, 7) is 4.99. The number of carbonyl (C=O) groups is 1. The maximum absolute atomic E-state index is 12.9. The van der Waals surface area contributed by atoms with Crippen molar-refractivity contribution in [1.29, 1.82) is 0 Å². The van der Waals surface area contributed by atoms with E-state index in [1.54, 1.807) is 19.1 Å². The first-order chi connectivity index (χ1) is 16.1. The Balaban J connectivity index is 1.82. The van der Waals surface area contributed by atoms with E-state index in [0.717, 1.165) is 6.07 Å². The maximum Gasteiger partial charge on any atom is 0.417 e. The molecule has 1 saturated heterocycles. The molecule has 184 valence electrons. The number of hydrogen-bond acceptors (Lipinski definition) is 7. The van der Waals surface area contributed by atoms with Crippen LogP contribution in [0.3, 0.4) is 0 Å². The minimum Gasteiger partial charge on any atom is -0.493 e. The number of ether oxygens (including phenoxy) is 5. The molecular formula is C23H23ClF3NO6. The number of hydrogen-bond donors (Lipinski definition) is 0. The molecule has 1 aromatic heterocycles. The van der Waals surface area contributed by atoms with Gasteiger partial charge in [0.15, 0.2) is 5.79 Å². The second-order valence-corrected chi connectivity index (χ2v) is 7.73. The van der Waals surface area contributed by atoms with E-state index in [2.05, 4.69) is 4.98 Å². The first kappa shape index (κ1) is 25.8. The van der Waals surface area contributed by atoms with Crippen molar-refractivity contribution in [2.24, 2.45) is 0 Å². The number of nitrogens with zero attached hydrogens (tertiary/aromatic N) is 1. The number of benzene rings is 1. The minimum atomic E-state index is -4.60. The molecule has 11 heteroatoms. The van der Waals surface area contributed by atoms with Gasteiger partial charge in [0.2, 0.25) is 5.88 Å². The van der Waals surface area contributed by atoms with Gasteiger partial charge in [-0.2, -0.15) is 13.2 Å². The van der Waals surface area contributed by atoms with E-state index in [4.69, 9.17) is 35.3 Å². The molecule has 0 amide bonds. The first-order valence-corrected chi connectivity index (χ1v) is 10.8. The van der Waals surface area contributed by atoms with Crippen molar-refractivity contribution in [1.82, 2.24) is 4.98 Å². The molecule has 2 heterocycles. The number of aromatic nitrogens is 1. The standard InChI is InChI=1S/C23H23ClF3NO6/c1-3-30-20(29)7-5-15-4-6-17(31-9-8-22(2)32-10-11-33-22)13-19(15)34-21-18(24)12-16(14-28-21)23(25,26)27/h4-7,12-14H,3,8-11H2,1-2H3. The van der Waals surface area contributed by atoms with Crippen molar-refractivity contribution in [2.45, 2.75) is 32.2 Å². The summed E-state index contributed by atoms with van der Waals surface area (Å²) in [6.07, 6.45) is -0.863. The van der Waals surface area contributed by atoms with Crippen molar-refractivity contribution in [3.8, 4) is 17.4 Å². The molecule has 34 heavy (non-hydrogen) atoms. The van der Waals surface area contributed by atoms with E-state index in [0.29, 0.717) is 37.1 Å². The van der Waals surface area contributed by atoms with E-state index in [1.165, 1.54) is 18.2 Å². The highest BCUT2D eigenvalue weighted by molar-refractivity contribution is 6.31. The number of halogens is 4. The zero-order chi connectivity index (χ0) is 24.8. The van der Waals surface area contributed by atoms with Gasteiger partial charge in [0, 0.05) is 30.3 Å². The van der Waals surface area contributed by atoms with Crippen LogP contribution in [-0.2, 0) is 25.2 Å². The number of alkyl halides is 3. The van der Waals surface area contributed by atoms with Crippen LogP contribution in [0.4, 0.5) is 13.2 Å². The second-order valence-electron chi connectivity index (χ2n) is 7.32. The van der Waals surface area contributed by atoms with E-state index in [9.17, 15) is 18.0 Å². The van der Waals surface area contributed by atoms with Gasteiger partial charge < -0.3 is 23.7 Å². The summed E-state index contributed by atoms with van der Waals surface area (Å²) in [4.78, 5) is 15.4. The van der Waals surface area contributed by atoms with Crippen LogP contribution in [0.2, 0.25) is 5.02 Å². The number of rotatable bonds is 9. The van der Waals surface area contributed by atoms with Crippen molar-refractivity contribution >= 4 is 23.6 Å². The fraction of sp³-hybridized carbons (Fsp3) is 0.391. The van der Waals surface area contributed by atoms with Crippen molar-refractivity contribution in [2.75, 3.05) is 26.4 Å². The largest absolute Gasteiger partial charge is 0.493 e. The van der Waals surface area contributed by atoms with Crippen LogP contribution >= 0.6 is 11.6 Å². The normalized spacial score (nSPS) is 15.5. The topological polar surface area (TPSA) is 76.1 Å². The minimum absolute atomic E-state index is 0.159. The van der Waals surface area contributed by atoms with Gasteiger partial charge in [0.25, 0.3) is 0 Å². The molecular weight excluding hydrogens is 479 g/mol. The molecule has 0 atom stereocenters. The van der Waals surface area contributed by atoms with Gasteiger partial charge >= 0.3 is 12.1 Å². The summed E-state index contributed by atoms with van der Waals surface area (Å²) in [5, 5.41) is -0.329. The van der Waals surface area contributed by atoms with Gasteiger partial charge in [-0.15, -0.1) is 0 Å². The lowest BCUT2D eigenvalue weighted by atomic mass is 10.1. The molecule has 0 unspecified atom stereocenters. The average molecular weight is 502 g/mol. The van der Waals surface area contributed by atoms with Gasteiger partial charge in [-0.25, -0.2) is 9.78 Å². The molecule has 0 radical (unpaired) electrons. The van der Waals surface area contributed by atoms with Gasteiger partial charge in [0.1, 0.15) is 16.5 Å². The zero-order valence-corrected chi connectivity index (χ0v) is 19.2. The van der Waals surface area contributed by atoms with Gasteiger partial charge in [0.05, 0.1) is 32.0 Å². The Morgan fingerprint density at radius 3 is 2.65 bits per heavy atom. The van der Waals surface area contributed by atoms with Crippen molar-refractivity contribution in [3.63, 3.8) is 0 Å². The smallest absolute Gasteiger partial charge is 0.417 e. The monoisotopic (exact) mass is 501 g/mol. The lowest BCUT2D eigenvalue weighted by Crippen LogP contribution is -2.27. The Labute approximate surface area is 199 Å². The van der Waals surface area contributed by atoms with E-state index in [1.807, 2.05) is 6.92 Å². The molecule has 1 aliphatic rings. The zero-order valence-electron chi connectivity index (χ0n) is 18.5. The Morgan fingerprint density at radius 1 is 1.26 bits per heavy atom. The molecule has 0 spiro atoms. The Morgan fingerprint density at radius 2 is 2.00 bits per heavy atom. The Hall–Kier alpha value is -2.82. The molecule has 2 aromatic rings. The summed E-state index contributed by atoms with van der Waals surface area (Å²) in [6, 6.07) is 5.50. The summed E-state index contributed by atoms with van der Waals surface area (Å²) in [7, 11) is 0. The van der Waals surface area contributed by atoms with E-state index >= 15 is 0 Å². The SMILES string of the molecule is CCOC(=O)C=Cc1ccc(OCCC2(C)OCCO2)cc1Oc1ncc(C(F)(F)F)cc1Cl. The molecule has 0 aliphatic carbocycles. The van der Waals surface area contributed by atoms with Crippen molar-refractivity contribution in [3.05, 3.63) is 52.7 Å². The van der Waals surface area contributed by atoms with Crippen LogP contribution in [0.1, 0.15) is 31.4 Å². The average Bonchev–Trinajstić information content (AvgIpc) is 3.20. The van der Waals surface area contributed by atoms with Crippen LogP contribution < -0.4 is 9.47 Å². The highest BCUT2D eigenvalue weighted by Crippen LogP contribution is 2.37. The van der Waals surface area contributed by atoms with Crippen LogP contribution in [0, 0.1) is 0 Å². The third-order valence-corrected chi connectivity index (χ3v) is 5.01. The quantitative estimate of drug-likeness (QED) is 0.324. The summed E-state index contributed by atoms with van der Waals surface area (Å²) >= 11 is 5.98. The summed E-state index contributed by atoms with van der Waals surface area (Å²) in [5.41, 5.74) is -0.582. The van der Waals surface area contributed by atoms with Gasteiger partial charge in [-0.3, -0.25) is 0 Å². The third kappa shape index (κ3) is 7.09. The fourth-order valence-corrected chi connectivity index (χ4v) is 3.20. The number of esters is 1. The Bertz CT molecular complexity index is 1040. The molecule has 1 fully saturated rings. The molecule has 7 nitrogen and oxygen atoms in total.